The fraction of sp³-hybridized carbons (Fsp3) is 0.600. The van der Waals surface area contributed by atoms with Gasteiger partial charge >= 0.3 is 0 Å². The highest BCUT2D eigenvalue weighted by Gasteiger charge is 2.22. The number of carbonyl (C=O) groups excluding carboxylic acids is 1. The van der Waals surface area contributed by atoms with E-state index in [0.717, 1.165) is 38.8 Å². The van der Waals surface area contributed by atoms with Gasteiger partial charge < -0.3 is 4.90 Å². The maximum absolute atomic E-state index is 11.8. The van der Waals surface area contributed by atoms with E-state index in [4.69, 9.17) is 0 Å². The van der Waals surface area contributed by atoms with Gasteiger partial charge in [0, 0.05) is 31.9 Å². The second-order valence-electron chi connectivity index (χ2n) is 5.14. The minimum Gasteiger partial charge on any atom is -0.343 e. The number of carbonyl (C=O) groups is 1. The first-order valence-corrected chi connectivity index (χ1v) is 6.96. The average molecular weight is 246 g/mol. The van der Waals surface area contributed by atoms with Crippen LogP contribution in [0.1, 0.15) is 38.2 Å². The van der Waals surface area contributed by atoms with E-state index in [1.165, 1.54) is 5.56 Å². The minimum atomic E-state index is 0.331. The number of pyridine rings is 1. The molecule has 1 saturated heterocycles. The van der Waals surface area contributed by atoms with Crippen molar-refractivity contribution in [1.29, 1.82) is 0 Å². The fourth-order valence-electron chi connectivity index (χ4n) is 2.61. The lowest BCUT2D eigenvalue weighted by Gasteiger charge is -2.32. The van der Waals surface area contributed by atoms with Gasteiger partial charge in [-0.3, -0.25) is 9.78 Å². The molecule has 1 aromatic rings. The molecule has 98 valence electrons. The van der Waals surface area contributed by atoms with Crippen LogP contribution in [-0.4, -0.2) is 28.9 Å². The van der Waals surface area contributed by atoms with E-state index in [-0.39, 0.29) is 0 Å². The van der Waals surface area contributed by atoms with Crippen molar-refractivity contribution in [1.82, 2.24) is 9.88 Å². The summed E-state index contributed by atoms with van der Waals surface area (Å²) in [7, 11) is 0. The lowest BCUT2D eigenvalue weighted by Crippen LogP contribution is -2.38. The summed E-state index contributed by atoms with van der Waals surface area (Å²) < 4.78 is 0. The van der Waals surface area contributed by atoms with E-state index in [9.17, 15) is 4.79 Å². The Labute approximate surface area is 109 Å². The average Bonchev–Trinajstić information content (AvgIpc) is 2.41. The number of rotatable bonds is 4. The Morgan fingerprint density at radius 1 is 1.44 bits per heavy atom. The SMILES string of the molecule is CCCC(=O)N1CCC(Cc2cccnc2)CC1. The zero-order valence-electron chi connectivity index (χ0n) is 11.1. The van der Waals surface area contributed by atoms with E-state index in [1.54, 1.807) is 0 Å². The van der Waals surface area contributed by atoms with Crippen LogP contribution in [0.2, 0.25) is 0 Å². The fourth-order valence-corrected chi connectivity index (χ4v) is 2.61. The van der Waals surface area contributed by atoms with Gasteiger partial charge in [-0.15, -0.1) is 0 Å². The standard InChI is InChI=1S/C15H22N2O/c1-2-4-15(18)17-9-6-13(7-10-17)11-14-5-3-8-16-12-14/h3,5,8,12-13H,2,4,6-7,9-11H2,1H3. The van der Waals surface area contributed by atoms with E-state index >= 15 is 0 Å². The maximum atomic E-state index is 11.8. The van der Waals surface area contributed by atoms with E-state index in [1.807, 2.05) is 23.4 Å². The molecule has 0 atom stereocenters. The van der Waals surface area contributed by atoms with Crippen molar-refractivity contribution in [2.24, 2.45) is 5.92 Å². The van der Waals surface area contributed by atoms with Crippen LogP contribution in [0.15, 0.2) is 24.5 Å². The molecule has 0 spiro atoms. The number of hydrogen-bond acceptors (Lipinski definition) is 2. The Bertz CT molecular complexity index is 369. The van der Waals surface area contributed by atoms with Crippen LogP contribution in [0.5, 0.6) is 0 Å². The van der Waals surface area contributed by atoms with Gasteiger partial charge in [-0.2, -0.15) is 0 Å². The van der Waals surface area contributed by atoms with Crippen molar-refractivity contribution in [2.45, 2.75) is 39.0 Å². The molecule has 1 amide bonds. The zero-order chi connectivity index (χ0) is 12.8. The van der Waals surface area contributed by atoms with Crippen LogP contribution >= 0.6 is 0 Å². The van der Waals surface area contributed by atoms with Crippen molar-refractivity contribution in [3.8, 4) is 0 Å². The normalized spacial score (nSPS) is 16.8. The van der Waals surface area contributed by atoms with E-state index in [2.05, 4.69) is 18.0 Å². The highest BCUT2D eigenvalue weighted by atomic mass is 16.2. The Morgan fingerprint density at radius 3 is 2.83 bits per heavy atom. The van der Waals surface area contributed by atoms with Crippen LogP contribution in [0, 0.1) is 5.92 Å². The molecule has 1 aromatic heterocycles. The van der Waals surface area contributed by atoms with E-state index in [0.29, 0.717) is 18.2 Å². The van der Waals surface area contributed by atoms with Gasteiger partial charge in [-0.1, -0.05) is 13.0 Å². The molecule has 0 N–H and O–H groups in total. The maximum Gasteiger partial charge on any atom is 0.222 e. The second kappa shape index (κ2) is 6.53. The molecule has 18 heavy (non-hydrogen) atoms. The molecule has 0 aromatic carbocycles. The summed E-state index contributed by atoms with van der Waals surface area (Å²) in [6, 6.07) is 4.14. The van der Waals surface area contributed by atoms with Gasteiger partial charge in [0.15, 0.2) is 0 Å². The van der Waals surface area contributed by atoms with Gasteiger partial charge in [0.1, 0.15) is 0 Å². The molecule has 0 unspecified atom stereocenters. The Morgan fingerprint density at radius 2 is 2.22 bits per heavy atom. The first-order valence-electron chi connectivity index (χ1n) is 6.96. The highest BCUT2D eigenvalue weighted by molar-refractivity contribution is 5.76. The van der Waals surface area contributed by atoms with Crippen LogP contribution in [0.4, 0.5) is 0 Å². The largest absolute Gasteiger partial charge is 0.343 e. The van der Waals surface area contributed by atoms with Gasteiger partial charge in [0.2, 0.25) is 5.91 Å². The summed E-state index contributed by atoms with van der Waals surface area (Å²) in [6.45, 7) is 3.93. The molecule has 0 saturated carbocycles. The smallest absolute Gasteiger partial charge is 0.222 e. The second-order valence-corrected chi connectivity index (χ2v) is 5.14. The predicted molar refractivity (Wildman–Crippen MR) is 72.2 cm³/mol. The van der Waals surface area contributed by atoms with Gasteiger partial charge in [0.05, 0.1) is 0 Å². The summed E-state index contributed by atoms with van der Waals surface area (Å²) in [5, 5.41) is 0. The summed E-state index contributed by atoms with van der Waals surface area (Å²) in [5.74, 6) is 1.04. The summed E-state index contributed by atoms with van der Waals surface area (Å²) in [5.41, 5.74) is 1.32. The van der Waals surface area contributed by atoms with E-state index < -0.39 is 0 Å². The number of piperidine rings is 1. The van der Waals surface area contributed by atoms with Crippen molar-refractivity contribution in [3.05, 3.63) is 30.1 Å². The number of hydrogen-bond donors (Lipinski definition) is 0. The third-order valence-electron chi connectivity index (χ3n) is 3.68. The molecule has 3 heteroatoms. The number of nitrogens with zero attached hydrogens (tertiary/aromatic N) is 2. The molecule has 0 radical (unpaired) electrons. The van der Waals surface area contributed by atoms with Gasteiger partial charge in [0.25, 0.3) is 0 Å². The third kappa shape index (κ3) is 3.56. The molecule has 0 aliphatic carbocycles. The summed E-state index contributed by atoms with van der Waals surface area (Å²) >= 11 is 0. The molecule has 1 aliphatic heterocycles. The summed E-state index contributed by atoms with van der Waals surface area (Å²) in [6.07, 6.45) is 8.78. The lowest BCUT2D eigenvalue weighted by molar-refractivity contribution is -0.132. The third-order valence-corrected chi connectivity index (χ3v) is 3.68. The number of likely N-dealkylation sites (tertiary alicyclic amines) is 1. The molecule has 2 rings (SSSR count). The molecule has 2 heterocycles. The quantitative estimate of drug-likeness (QED) is 0.818. The minimum absolute atomic E-state index is 0.331. The lowest BCUT2D eigenvalue weighted by atomic mass is 9.90. The summed E-state index contributed by atoms with van der Waals surface area (Å²) in [4.78, 5) is 18.0. The molecule has 1 aliphatic rings. The van der Waals surface area contributed by atoms with Crippen molar-refractivity contribution >= 4 is 5.91 Å². The van der Waals surface area contributed by atoms with Gasteiger partial charge in [-0.25, -0.2) is 0 Å². The number of amides is 1. The number of aromatic nitrogens is 1. The molecule has 0 bridgehead atoms. The first-order chi connectivity index (χ1) is 8.79. The van der Waals surface area contributed by atoms with Crippen LogP contribution in [-0.2, 0) is 11.2 Å². The zero-order valence-corrected chi connectivity index (χ0v) is 11.1. The van der Waals surface area contributed by atoms with Crippen molar-refractivity contribution in [2.75, 3.05) is 13.1 Å². The van der Waals surface area contributed by atoms with Crippen molar-refractivity contribution < 1.29 is 4.79 Å². The van der Waals surface area contributed by atoms with Crippen LogP contribution < -0.4 is 0 Å². The Balaban J connectivity index is 1.78. The highest BCUT2D eigenvalue weighted by Crippen LogP contribution is 2.21. The molecular formula is C15H22N2O. The topological polar surface area (TPSA) is 33.2 Å². The van der Waals surface area contributed by atoms with Gasteiger partial charge in [-0.05, 0) is 43.2 Å². The van der Waals surface area contributed by atoms with Crippen LogP contribution in [0.25, 0.3) is 0 Å². The molecular weight excluding hydrogens is 224 g/mol. The Kier molecular flexibility index (Phi) is 4.73. The van der Waals surface area contributed by atoms with Crippen LogP contribution in [0.3, 0.4) is 0 Å². The van der Waals surface area contributed by atoms with Crippen molar-refractivity contribution in [3.63, 3.8) is 0 Å². The Hall–Kier alpha value is -1.38. The monoisotopic (exact) mass is 246 g/mol. The molecule has 3 nitrogen and oxygen atoms in total. The predicted octanol–water partition coefficient (Wildman–Crippen LogP) is 2.66. The molecule has 1 fully saturated rings. The first kappa shape index (κ1) is 13.1.